The second kappa shape index (κ2) is 4.96. The van der Waals surface area contributed by atoms with Gasteiger partial charge in [-0.05, 0) is 49.8 Å². The Labute approximate surface area is 142 Å². The minimum Gasteiger partial charge on any atom is -0.467 e. The summed E-state index contributed by atoms with van der Waals surface area (Å²) in [5.41, 5.74) is 2.95. The zero-order valence-corrected chi connectivity index (χ0v) is 14.4. The molecule has 2 heterocycles. The monoisotopic (exact) mass is 324 g/mol. The van der Waals surface area contributed by atoms with Crippen molar-refractivity contribution in [2.45, 2.75) is 32.5 Å². The third-order valence-electron chi connectivity index (χ3n) is 5.10. The fourth-order valence-corrected chi connectivity index (χ4v) is 4.13. The van der Waals surface area contributed by atoms with Gasteiger partial charge in [-0.3, -0.25) is 4.90 Å². The normalized spacial score (nSPS) is 28.7. The van der Waals surface area contributed by atoms with Crippen LogP contribution < -0.4 is 15.0 Å². The lowest BCUT2D eigenvalue weighted by molar-refractivity contribution is -0.00316. The van der Waals surface area contributed by atoms with E-state index in [-0.39, 0.29) is 12.0 Å². The Bertz CT molecular complexity index is 790. The van der Waals surface area contributed by atoms with E-state index in [4.69, 9.17) is 17.0 Å². The van der Waals surface area contributed by atoms with Gasteiger partial charge in [0.1, 0.15) is 5.75 Å². The maximum Gasteiger partial charge on any atom is 0.190 e. The highest BCUT2D eigenvalue weighted by Gasteiger charge is 2.53. The highest BCUT2D eigenvalue weighted by atomic mass is 32.1. The molecular formula is C19H20N2OS. The van der Waals surface area contributed by atoms with Crippen molar-refractivity contribution in [2.75, 3.05) is 4.90 Å². The number of hydrogen-bond donors (Lipinski definition) is 1. The molecule has 2 aromatic rings. The van der Waals surface area contributed by atoms with E-state index in [1.54, 1.807) is 0 Å². The lowest BCUT2D eigenvalue weighted by Gasteiger charge is -2.56. The van der Waals surface area contributed by atoms with Crippen LogP contribution in [0.4, 0.5) is 5.69 Å². The first-order valence-corrected chi connectivity index (χ1v) is 8.37. The van der Waals surface area contributed by atoms with Gasteiger partial charge in [0.2, 0.25) is 0 Å². The van der Waals surface area contributed by atoms with Crippen molar-refractivity contribution in [1.82, 2.24) is 5.32 Å². The van der Waals surface area contributed by atoms with Gasteiger partial charge in [0, 0.05) is 17.2 Å². The minimum atomic E-state index is -0.505. The van der Waals surface area contributed by atoms with Gasteiger partial charge in [0.15, 0.2) is 10.8 Å². The van der Waals surface area contributed by atoms with Crippen molar-refractivity contribution in [3.05, 3.63) is 59.7 Å². The number of anilines is 1. The molecule has 23 heavy (non-hydrogen) atoms. The molecule has 0 radical (unpaired) electrons. The summed E-state index contributed by atoms with van der Waals surface area (Å²) in [5.74, 6) is 1.19. The number of aryl methyl sites for hydroxylation is 1. The SMILES string of the molecule is Cc1cccc(N2C(=S)NC3c4ccccc4OC2(C)C3C)c1. The van der Waals surface area contributed by atoms with Crippen molar-refractivity contribution < 1.29 is 4.74 Å². The van der Waals surface area contributed by atoms with E-state index in [0.717, 1.165) is 16.5 Å². The summed E-state index contributed by atoms with van der Waals surface area (Å²) in [7, 11) is 0. The molecule has 0 aliphatic carbocycles. The molecule has 3 atom stereocenters. The summed E-state index contributed by atoms with van der Waals surface area (Å²) in [6.07, 6.45) is 0. The number of thiocarbonyl (C=S) groups is 1. The number of para-hydroxylation sites is 1. The third-order valence-corrected chi connectivity index (χ3v) is 5.40. The Morgan fingerprint density at radius 3 is 2.74 bits per heavy atom. The van der Waals surface area contributed by atoms with Crippen molar-refractivity contribution in [2.24, 2.45) is 5.92 Å². The zero-order valence-electron chi connectivity index (χ0n) is 13.5. The predicted molar refractivity (Wildman–Crippen MR) is 96.8 cm³/mol. The topological polar surface area (TPSA) is 24.5 Å². The van der Waals surface area contributed by atoms with Crippen LogP contribution in [-0.4, -0.2) is 10.8 Å². The van der Waals surface area contributed by atoms with Crippen LogP contribution >= 0.6 is 12.2 Å². The fraction of sp³-hybridized carbons (Fsp3) is 0.316. The van der Waals surface area contributed by atoms with Crippen LogP contribution in [0.15, 0.2) is 48.5 Å². The van der Waals surface area contributed by atoms with Gasteiger partial charge in [-0.2, -0.15) is 0 Å². The fourth-order valence-electron chi connectivity index (χ4n) is 3.72. The number of hydrogen-bond acceptors (Lipinski definition) is 2. The van der Waals surface area contributed by atoms with Crippen molar-refractivity contribution >= 4 is 23.0 Å². The van der Waals surface area contributed by atoms with E-state index in [0.29, 0.717) is 0 Å². The summed E-state index contributed by atoms with van der Waals surface area (Å²) in [6, 6.07) is 16.8. The summed E-state index contributed by atoms with van der Waals surface area (Å²) in [4.78, 5) is 2.12. The molecule has 4 rings (SSSR count). The van der Waals surface area contributed by atoms with Crippen LogP contribution in [0.3, 0.4) is 0 Å². The third kappa shape index (κ3) is 2.05. The van der Waals surface area contributed by atoms with E-state index >= 15 is 0 Å². The standard InChI is InChI=1S/C19H20N2OS/c1-12-7-6-8-14(11-12)21-18(23)20-17-13(2)19(21,3)22-16-10-5-4-9-15(16)17/h4-11,13,17H,1-3H3,(H,20,23). The molecule has 0 amide bonds. The molecule has 4 heteroatoms. The molecule has 2 aliphatic rings. The molecular weight excluding hydrogens is 304 g/mol. The van der Waals surface area contributed by atoms with E-state index in [2.05, 4.69) is 67.4 Å². The Balaban J connectivity index is 1.87. The second-order valence-corrected chi connectivity index (χ2v) is 6.97. The summed E-state index contributed by atoms with van der Waals surface area (Å²) in [6.45, 7) is 6.45. The summed E-state index contributed by atoms with van der Waals surface area (Å²) in [5, 5.41) is 4.24. The molecule has 2 aliphatic heterocycles. The number of nitrogens with one attached hydrogen (secondary N) is 1. The Kier molecular flexibility index (Phi) is 3.13. The molecule has 0 saturated carbocycles. The first-order chi connectivity index (χ1) is 11.0. The zero-order chi connectivity index (χ0) is 16.2. The predicted octanol–water partition coefficient (Wildman–Crippen LogP) is 4.18. The van der Waals surface area contributed by atoms with Gasteiger partial charge in [-0.15, -0.1) is 0 Å². The quantitative estimate of drug-likeness (QED) is 0.796. The molecule has 2 bridgehead atoms. The summed E-state index contributed by atoms with van der Waals surface area (Å²) >= 11 is 5.70. The number of benzene rings is 2. The van der Waals surface area contributed by atoms with Crippen LogP contribution in [-0.2, 0) is 0 Å². The highest BCUT2D eigenvalue weighted by molar-refractivity contribution is 7.80. The van der Waals surface area contributed by atoms with Crippen LogP contribution in [0.2, 0.25) is 0 Å². The van der Waals surface area contributed by atoms with Gasteiger partial charge in [-0.1, -0.05) is 37.3 Å². The van der Waals surface area contributed by atoms with Crippen LogP contribution in [0, 0.1) is 12.8 Å². The lowest BCUT2D eigenvalue weighted by Crippen LogP contribution is -2.69. The number of rotatable bonds is 1. The second-order valence-electron chi connectivity index (χ2n) is 6.58. The molecule has 0 aromatic heterocycles. The highest BCUT2D eigenvalue weighted by Crippen LogP contribution is 2.48. The van der Waals surface area contributed by atoms with E-state index in [9.17, 15) is 0 Å². The molecule has 118 valence electrons. The number of fused-ring (bicyclic) bond motifs is 4. The smallest absolute Gasteiger partial charge is 0.190 e. The van der Waals surface area contributed by atoms with Gasteiger partial charge >= 0.3 is 0 Å². The average Bonchev–Trinajstić information content (AvgIpc) is 2.50. The van der Waals surface area contributed by atoms with Crippen molar-refractivity contribution in [3.63, 3.8) is 0 Å². The van der Waals surface area contributed by atoms with E-state index in [1.807, 2.05) is 12.1 Å². The molecule has 2 aromatic carbocycles. The Hall–Kier alpha value is -2.07. The Morgan fingerprint density at radius 2 is 1.96 bits per heavy atom. The Morgan fingerprint density at radius 1 is 1.17 bits per heavy atom. The minimum absolute atomic E-state index is 0.179. The van der Waals surface area contributed by atoms with Gasteiger partial charge in [-0.25, -0.2) is 0 Å². The maximum absolute atomic E-state index is 6.48. The maximum atomic E-state index is 6.48. The molecule has 1 fully saturated rings. The van der Waals surface area contributed by atoms with Gasteiger partial charge in [0.05, 0.1) is 6.04 Å². The van der Waals surface area contributed by atoms with E-state index < -0.39 is 5.72 Å². The van der Waals surface area contributed by atoms with Crippen LogP contribution in [0.25, 0.3) is 0 Å². The average molecular weight is 324 g/mol. The lowest BCUT2D eigenvalue weighted by atomic mass is 9.80. The van der Waals surface area contributed by atoms with Crippen LogP contribution in [0.1, 0.15) is 31.0 Å². The van der Waals surface area contributed by atoms with Crippen LogP contribution in [0.5, 0.6) is 5.75 Å². The van der Waals surface area contributed by atoms with Gasteiger partial charge in [0.25, 0.3) is 0 Å². The van der Waals surface area contributed by atoms with Gasteiger partial charge < -0.3 is 10.1 Å². The molecule has 1 N–H and O–H groups in total. The first kappa shape index (κ1) is 14.5. The summed E-state index contributed by atoms with van der Waals surface area (Å²) < 4.78 is 6.48. The van der Waals surface area contributed by atoms with Crippen molar-refractivity contribution in [1.29, 1.82) is 0 Å². The largest absolute Gasteiger partial charge is 0.467 e. The van der Waals surface area contributed by atoms with E-state index in [1.165, 1.54) is 11.1 Å². The van der Waals surface area contributed by atoms with Crippen molar-refractivity contribution in [3.8, 4) is 5.75 Å². The number of nitrogens with zero attached hydrogens (tertiary/aromatic N) is 1. The molecule has 1 saturated heterocycles. The molecule has 3 nitrogen and oxygen atoms in total. The molecule has 3 unspecified atom stereocenters. The number of ether oxygens (including phenoxy) is 1. The molecule has 0 spiro atoms. The first-order valence-electron chi connectivity index (χ1n) is 7.96.